The summed E-state index contributed by atoms with van der Waals surface area (Å²) in [5, 5.41) is 2.42. The zero-order valence-corrected chi connectivity index (χ0v) is 13.0. The minimum Gasteiger partial charge on any atom is -0.508 e. The Labute approximate surface area is 153 Å². The van der Waals surface area contributed by atoms with Crippen LogP contribution in [0.2, 0.25) is 0 Å². The van der Waals surface area contributed by atoms with Gasteiger partial charge in [0.15, 0.2) is 5.91 Å². The molecule has 1 fully saturated rings. The van der Waals surface area contributed by atoms with Crippen molar-refractivity contribution in [3.8, 4) is 0 Å². The molecule has 0 spiro atoms. The number of imide groups is 1. The van der Waals surface area contributed by atoms with Gasteiger partial charge >= 0.3 is 49.4 Å². The Balaban J connectivity index is 0.00000180. The molecular formula is C13H17EuN2O3+. The van der Waals surface area contributed by atoms with Crippen LogP contribution in [0, 0.1) is 68.3 Å². The molecule has 0 saturated heterocycles. The topological polar surface area (TPSA) is 66.5 Å². The molecule has 0 unspecified atom stereocenters. The number of hydrogen-bond acceptors (Lipinski definition) is 3. The molecule has 0 aromatic rings. The summed E-state index contributed by atoms with van der Waals surface area (Å²) >= 11 is 0. The van der Waals surface area contributed by atoms with Crippen LogP contribution in [0.5, 0.6) is 0 Å². The maximum Gasteiger partial charge on any atom is 2.00 e. The second-order valence-corrected chi connectivity index (χ2v) is 4.88. The third kappa shape index (κ3) is 4.20. The normalized spacial score (nSPS) is 26.3. The molecule has 6 heteroatoms. The number of nitrogens with zero attached hydrogens (tertiary/aromatic N) is 1. The molecule has 0 bridgehead atoms. The van der Waals surface area contributed by atoms with Crippen LogP contribution < -0.4 is 5.32 Å². The van der Waals surface area contributed by atoms with Crippen LogP contribution in [0.15, 0.2) is 12.2 Å². The van der Waals surface area contributed by atoms with Crippen molar-refractivity contribution < 1.29 is 63.8 Å². The minimum absolute atomic E-state index is 0. The van der Waals surface area contributed by atoms with Gasteiger partial charge in [0.25, 0.3) is 11.8 Å². The van der Waals surface area contributed by atoms with Crippen molar-refractivity contribution in [2.75, 3.05) is 6.54 Å². The molecule has 1 aliphatic carbocycles. The minimum atomic E-state index is -0.224. The Morgan fingerprint density at radius 3 is 2.21 bits per heavy atom. The average Bonchev–Trinajstić information content (AvgIpc) is 2.70. The second-order valence-electron chi connectivity index (χ2n) is 4.88. The van der Waals surface area contributed by atoms with Crippen molar-refractivity contribution in [3.63, 3.8) is 0 Å². The molecule has 103 valence electrons. The summed E-state index contributed by atoms with van der Waals surface area (Å²) in [5.74, 6) is -0.118. The fourth-order valence-corrected chi connectivity index (χ4v) is 2.62. The fraction of sp³-hybridized carbons (Fsp3) is 0.538. The summed E-state index contributed by atoms with van der Waals surface area (Å²) in [7, 11) is 3.38. The van der Waals surface area contributed by atoms with Gasteiger partial charge in [0.05, 0.1) is 0 Å². The maximum absolute atomic E-state index is 11.4. The van der Waals surface area contributed by atoms with Gasteiger partial charge in [-0.25, -0.2) is 0 Å². The number of carbonyl (C=O) groups is 3. The van der Waals surface area contributed by atoms with Crippen molar-refractivity contribution in [2.24, 2.45) is 11.8 Å². The monoisotopic (exact) mass is 402 g/mol. The quantitative estimate of drug-likeness (QED) is 0.557. The second kappa shape index (κ2) is 7.65. The Morgan fingerprint density at radius 2 is 1.74 bits per heavy atom. The predicted molar refractivity (Wildman–Crippen MR) is 64.8 cm³/mol. The van der Waals surface area contributed by atoms with E-state index in [9.17, 15) is 14.4 Å². The first-order valence-corrected chi connectivity index (χ1v) is 6.22. The van der Waals surface area contributed by atoms with Crippen molar-refractivity contribution in [1.29, 1.82) is 0 Å². The molecule has 0 aromatic carbocycles. The Bertz CT molecular complexity index is 383. The molecule has 1 aliphatic heterocycles. The summed E-state index contributed by atoms with van der Waals surface area (Å²) in [4.78, 5) is 35.6. The van der Waals surface area contributed by atoms with Crippen molar-refractivity contribution in [2.45, 2.75) is 25.7 Å². The SMILES string of the molecule is [CH2-]NC(=O)C1CCC(CN2C(=O)C=CC2=O)CC1.[Eu+2]. The Kier molecular flexibility index (Phi) is 6.84. The van der Waals surface area contributed by atoms with E-state index in [0.29, 0.717) is 12.5 Å². The van der Waals surface area contributed by atoms with E-state index in [1.165, 1.54) is 17.1 Å². The molecule has 3 amide bonds. The number of carbonyl (C=O) groups excluding carboxylic acids is 3. The zero-order valence-electron chi connectivity index (χ0n) is 10.6. The van der Waals surface area contributed by atoms with E-state index in [2.05, 4.69) is 12.4 Å². The van der Waals surface area contributed by atoms with Crippen LogP contribution in [0.1, 0.15) is 25.7 Å². The van der Waals surface area contributed by atoms with E-state index in [4.69, 9.17) is 0 Å². The Morgan fingerprint density at radius 1 is 1.21 bits per heavy atom. The van der Waals surface area contributed by atoms with E-state index >= 15 is 0 Å². The van der Waals surface area contributed by atoms with E-state index in [0.717, 1.165) is 25.7 Å². The molecule has 0 aromatic heterocycles. The van der Waals surface area contributed by atoms with Crippen molar-refractivity contribution in [3.05, 3.63) is 19.2 Å². The molecule has 1 saturated carbocycles. The smallest absolute Gasteiger partial charge is 0.508 e. The molecule has 1 radical (unpaired) electrons. The first-order chi connectivity index (χ1) is 8.61. The van der Waals surface area contributed by atoms with Gasteiger partial charge in [-0.1, -0.05) is 0 Å². The third-order valence-electron chi connectivity index (χ3n) is 3.73. The number of nitrogens with one attached hydrogen (secondary N) is 1. The van der Waals surface area contributed by atoms with Crippen LogP contribution >= 0.6 is 0 Å². The number of hydrogen-bond donors (Lipinski definition) is 1. The summed E-state index contributed by atoms with van der Waals surface area (Å²) in [6, 6.07) is 0. The van der Waals surface area contributed by atoms with E-state index < -0.39 is 0 Å². The molecule has 2 rings (SSSR count). The van der Waals surface area contributed by atoms with E-state index in [1.54, 1.807) is 0 Å². The molecule has 2 aliphatic rings. The van der Waals surface area contributed by atoms with Gasteiger partial charge in [-0.15, -0.1) is 0 Å². The first kappa shape index (κ1) is 17.0. The predicted octanol–water partition coefficient (Wildman–Crippen LogP) is 0.626. The molecule has 0 atom stereocenters. The molecule has 1 N–H and O–H groups in total. The van der Waals surface area contributed by atoms with Gasteiger partial charge in [0.1, 0.15) is 0 Å². The molecule has 5 nitrogen and oxygen atoms in total. The summed E-state index contributed by atoms with van der Waals surface area (Å²) in [6.45, 7) is 0.476. The van der Waals surface area contributed by atoms with E-state index in [-0.39, 0.29) is 73.0 Å². The van der Waals surface area contributed by atoms with Crippen molar-refractivity contribution in [1.82, 2.24) is 10.2 Å². The van der Waals surface area contributed by atoms with Gasteiger partial charge in [-0.2, -0.15) is 0 Å². The molecule has 19 heavy (non-hydrogen) atoms. The first-order valence-electron chi connectivity index (χ1n) is 6.22. The number of rotatable bonds is 3. The van der Waals surface area contributed by atoms with Crippen LogP contribution in [-0.4, -0.2) is 29.2 Å². The van der Waals surface area contributed by atoms with Crippen LogP contribution in [-0.2, 0) is 14.4 Å². The van der Waals surface area contributed by atoms with Crippen LogP contribution in [0.3, 0.4) is 0 Å². The third-order valence-corrected chi connectivity index (χ3v) is 3.73. The summed E-state index contributed by atoms with van der Waals surface area (Å²) < 4.78 is 0. The summed E-state index contributed by atoms with van der Waals surface area (Å²) in [6.07, 6.45) is 5.96. The summed E-state index contributed by atoms with van der Waals surface area (Å²) in [5.41, 5.74) is 0. The maximum atomic E-state index is 11.4. The van der Waals surface area contributed by atoms with Gasteiger partial charge in [-0.3, -0.25) is 26.3 Å². The Hall–Kier alpha value is -0.0656. The van der Waals surface area contributed by atoms with Crippen LogP contribution in [0.25, 0.3) is 0 Å². The zero-order chi connectivity index (χ0) is 13.1. The van der Waals surface area contributed by atoms with Crippen LogP contribution in [0.4, 0.5) is 0 Å². The molecular weight excluding hydrogens is 384 g/mol. The fourth-order valence-electron chi connectivity index (χ4n) is 2.62. The van der Waals surface area contributed by atoms with Crippen molar-refractivity contribution >= 4 is 17.7 Å². The van der Waals surface area contributed by atoms with E-state index in [1.807, 2.05) is 0 Å². The van der Waals surface area contributed by atoms with Gasteiger partial charge in [0, 0.05) is 24.6 Å². The van der Waals surface area contributed by atoms with Gasteiger partial charge in [-0.05, 0) is 31.6 Å². The average molecular weight is 401 g/mol. The largest absolute Gasteiger partial charge is 2.00 e. The standard InChI is InChI=1S/C13H17N2O3.Eu/c1-14-13(18)10-4-2-9(3-5-10)8-15-11(16)6-7-12(15)17;/h6-7,9-10H,1-5,8H2,(H,14,18);/q-1;+2. The van der Waals surface area contributed by atoms with Gasteiger partial charge < -0.3 is 5.32 Å². The molecule has 1 heterocycles. The van der Waals surface area contributed by atoms with Gasteiger partial charge in [0.2, 0.25) is 0 Å². The number of amides is 3.